The highest BCUT2D eigenvalue weighted by molar-refractivity contribution is 5.95. The second-order valence-electron chi connectivity index (χ2n) is 8.54. The number of likely N-dealkylation sites (tertiary alicyclic amines) is 1. The van der Waals surface area contributed by atoms with Crippen molar-refractivity contribution in [3.8, 4) is 17.2 Å². The van der Waals surface area contributed by atoms with Crippen LogP contribution < -0.4 is 15.2 Å². The predicted molar refractivity (Wildman–Crippen MR) is 130 cm³/mol. The fraction of sp³-hybridized carbons (Fsp3) is 0.280. The van der Waals surface area contributed by atoms with Crippen LogP contribution in [0.3, 0.4) is 0 Å². The lowest BCUT2D eigenvalue weighted by Crippen LogP contribution is -2.40. The Bertz CT molecular complexity index is 1310. The van der Waals surface area contributed by atoms with Crippen molar-refractivity contribution in [1.29, 1.82) is 10.8 Å². The third-order valence-corrected chi connectivity index (χ3v) is 5.86. The first kappa shape index (κ1) is 25.7. The van der Waals surface area contributed by atoms with Crippen LogP contribution in [0.25, 0.3) is 5.69 Å². The van der Waals surface area contributed by atoms with Gasteiger partial charge in [-0.3, -0.25) is 10.8 Å². The number of nitrogens with one attached hydrogen (secondary N) is 2. The second kappa shape index (κ2) is 10.3. The molecule has 1 aliphatic heterocycles. The van der Waals surface area contributed by atoms with Gasteiger partial charge in [0, 0.05) is 37.6 Å². The Morgan fingerprint density at radius 1 is 1.05 bits per heavy atom. The van der Waals surface area contributed by atoms with E-state index in [1.54, 1.807) is 19.1 Å². The van der Waals surface area contributed by atoms with Gasteiger partial charge in [-0.15, -0.1) is 0 Å². The molecule has 0 radical (unpaired) electrons. The lowest BCUT2D eigenvalue weighted by Gasteiger charge is -2.32. The maximum absolute atomic E-state index is 13.4. The van der Waals surface area contributed by atoms with Crippen LogP contribution in [0.1, 0.15) is 41.5 Å². The van der Waals surface area contributed by atoms with Gasteiger partial charge in [-0.2, -0.15) is 18.3 Å². The molecule has 4 rings (SSSR count). The average molecular weight is 515 g/mol. The first-order valence-electron chi connectivity index (χ1n) is 11.4. The Hall–Kier alpha value is -4.35. The standard InChI is InChI=1S/C25H25F3N6O3/c1-15(29)33-11-9-20(10-12-33)36-18-5-7-19(8-6-18)37-24(35)21-14-22(25(26,27)28)32-34(21)17-4-2-3-16(13-17)23(30)31/h2-8,13-14,20,29H,9-12H2,1H3,(H3,30,31). The summed E-state index contributed by atoms with van der Waals surface area (Å²) in [6.07, 6.45) is -3.26. The summed E-state index contributed by atoms with van der Waals surface area (Å²) in [4.78, 5) is 14.9. The van der Waals surface area contributed by atoms with Gasteiger partial charge in [0.2, 0.25) is 0 Å². The van der Waals surface area contributed by atoms with E-state index in [9.17, 15) is 18.0 Å². The average Bonchev–Trinajstić information content (AvgIpc) is 3.32. The molecule has 1 saturated heterocycles. The molecule has 12 heteroatoms. The molecule has 37 heavy (non-hydrogen) atoms. The zero-order valence-corrected chi connectivity index (χ0v) is 19.9. The Balaban J connectivity index is 1.50. The molecule has 4 N–H and O–H groups in total. The highest BCUT2D eigenvalue weighted by atomic mass is 19.4. The highest BCUT2D eigenvalue weighted by Gasteiger charge is 2.36. The molecule has 0 saturated carbocycles. The van der Waals surface area contributed by atoms with Gasteiger partial charge in [-0.1, -0.05) is 12.1 Å². The number of amidine groups is 2. The summed E-state index contributed by atoms with van der Waals surface area (Å²) in [5, 5.41) is 18.8. The lowest BCUT2D eigenvalue weighted by molar-refractivity contribution is -0.141. The van der Waals surface area contributed by atoms with Crippen LogP contribution in [0, 0.1) is 10.8 Å². The van der Waals surface area contributed by atoms with Crippen molar-refractivity contribution in [2.24, 2.45) is 5.73 Å². The maximum atomic E-state index is 13.4. The molecule has 1 fully saturated rings. The van der Waals surface area contributed by atoms with Crippen LogP contribution in [0.15, 0.2) is 54.6 Å². The smallest absolute Gasteiger partial charge is 0.435 e. The minimum Gasteiger partial charge on any atom is -0.490 e. The molecule has 0 amide bonds. The fourth-order valence-corrected chi connectivity index (χ4v) is 3.91. The number of ether oxygens (including phenoxy) is 2. The number of carbonyl (C=O) groups excluding carboxylic acids is 1. The number of nitrogens with zero attached hydrogens (tertiary/aromatic N) is 3. The van der Waals surface area contributed by atoms with Crippen molar-refractivity contribution in [3.63, 3.8) is 0 Å². The number of aromatic nitrogens is 2. The number of piperidine rings is 1. The van der Waals surface area contributed by atoms with Crippen molar-refractivity contribution in [1.82, 2.24) is 14.7 Å². The molecular formula is C25H25F3N6O3. The summed E-state index contributed by atoms with van der Waals surface area (Å²) in [5.41, 5.74) is 4.15. The molecule has 9 nitrogen and oxygen atoms in total. The van der Waals surface area contributed by atoms with E-state index in [2.05, 4.69) is 5.10 Å². The summed E-state index contributed by atoms with van der Waals surface area (Å²) < 4.78 is 52.3. The molecule has 194 valence electrons. The highest BCUT2D eigenvalue weighted by Crippen LogP contribution is 2.30. The maximum Gasteiger partial charge on any atom is 0.435 e. The summed E-state index contributed by atoms with van der Waals surface area (Å²) in [6, 6.07) is 12.6. The largest absolute Gasteiger partial charge is 0.490 e. The first-order valence-corrected chi connectivity index (χ1v) is 11.4. The van der Waals surface area contributed by atoms with Crippen LogP contribution in [0.5, 0.6) is 11.5 Å². The van der Waals surface area contributed by atoms with Crippen molar-refractivity contribution in [2.75, 3.05) is 13.1 Å². The van der Waals surface area contributed by atoms with E-state index in [-0.39, 0.29) is 28.9 Å². The fourth-order valence-electron chi connectivity index (χ4n) is 3.91. The van der Waals surface area contributed by atoms with Crippen LogP contribution in [0.2, 0.25) is 0 Å². The van der Waals surface area contributed by atoms with Gasteiger partial charge in [0.25, 0.3) is 0 Å². The molecular weight excluding hydrogens is 489 g/mol. The number of nitrogens with two attached hydrogens (primary N) is 1. The van der Waals surface area contributed by atoms with Crippen LogP contribution in [-0.2, 0) is 6.18 Å². The molecule has 0 spiro atoms. The van der Waals surface area contributed by atoms with E-state index in [4.69, 9.17) is 26.0 Å². The van der Waals surface area contributed by atoms with Crippen molar-refractivity contribution < 1.29 is 27.4 Å². The van der Waals surface area contributed by atoms with Gasteiger partial charge in [0.05, 0.1) is 11.5 Å². The zero-order chi connectivity index (χ0) is 26.7. The van der Waals surface area contributed by atoms with E-state index in [1.165, 1.54) is 36.4 Å². The van der Waals surface area contributed by atoms with E-state index in [1.807, 2.05) is 4.90 Å². The molecule has 0 aliphatic carbocycles. The van der Waals surface area contributed by atoms with Crippen LogP contribution in [-0.4, -0.2) is 51.5 Å². The topological polar surface area (TPSA) is 130 Å². The zero-order valence-electron chi connectivity index (χ0n) is 19.9. The minimum atomic E-state index is -4.79. The monoisotopic (exact) mass is 514 g/mol. The predicted octanol–water partition coefficient (Wildman–Crippen LogP) is 4.23. The molecule has 1 aromatic heterocycles. The third kappa shape index (κ3) is 6.08. The van der Waals surface area contributed by atoms with E-state index < -0.39 is 23.5 Å². The van der Waals surface area contributed by atoms with Gasteiger partial charge in [0.15, 0.2) is 11.4 Å². The van der Waals surface area contributed by atoms with Gasteiger partial charge in [-0.25, -0.2) is 9.48 Å². The summed E-state index contributed by atoms with van der Waals surface area (Å²) >= 11 is 0. The van der Waals surface area contributed by atoms with E-state index in [0.29, 0.717) is 17.7 Å². The number of hydrogen-bond acceptors (Lipinski definition) is 6. The Kier molecular flexibility index (Phi) is 7.18. The third-order valence-electron chi connectivity index (χ3n) is 5.86. The van der Waals surface area contributed by atoms with Gasteiger partial charge < -0.3 is 20.1 Å². The number of esters is 1. The van der Waals surface area contributed by atoms with Crippen LogP contribution in [0.4, 0.5) is 13.2 Å². The minimum absolute atomic E-state index is 0.00935. The van der Waals surface area contributed by atoms with Crippen molar-refractivity contribution >= 4 is 17.6 Å². The van der Waals surface area contributed by atoms with Crippen LogP contribution >= 0.6 is 0 Å². The second-order valence-corrected chi connectivity index (χ2v) is 8.54. The Morgan fingerprint density at radius 2 is 1.70 bits per heavy atom. The molecule has 0 atom stereocenters. The SMILES string of the molecule is CC(=N)N1CCC(Oc2ccc(OC(=O)c3cc(C(F)(F)F)nn3-c3cccc(C(=N)N)c3)cc2)CC1. The molecule has 2 heterocycles. The first-order chi connectivity index (χ1) is 17.5. The number of nitrogen functional groups attached to an aromatic ring is 1. The Morgan fingerprint density at radius 3 is 2.30 bits per heavy atom. The summed E-state index contributed by atoms with van der Waals surface area (Å²) in [7, 11) is 0. The number of carbonyl (C=O) groups is 1. The summed E-state index contributed by atoms with van der Waals surface area (Å²) in [5.74, 6) is -0.119. The number of rotatable bonds is 6. The number of benzene rings is 2. The molecule has 0 bridgehead atoms. The van der Waals surface area contributed by atoms with Gasteiger partial charge in [0.1, 0.15) is 23.4 Å². The van der Waals surface area contributed by atoms with Gasteiger partial charge in [-0.05, 0) is 43.3 Å². The molecule has 3 aromatic rings. The molecule has 2 aromatic carbocycles. The number of halogens is 3. The van der Waals surface area contributed by atoms with Crippen molar-refractivity contribution in [2.45, 2.75) is 32.0 Å². The molecule has 0 unspecified atom stereocenters. The summed E-state index contributed by atoms with van der Waals surface area (Å²) in [6.45, 7) is 3.22. The Labute approximate surface area is 210 Å². The van der Waals surface area contributed by atoms with E-state index >= 15 is 0 Å². The lowest BCUT2D eigenvalue weighted by atomic mass is 10.1. The quantitative estimate of drug-likeness (QED) is 0.195. The van der Waals surface area contributed by atoms with Gasteiger partial charge >= 0.3 is 12.1 Å². The number of hydrogen-bond donors (Lipinski definition) is 3. The number of alkyl halides is 3. The molecule has 1 aliphatic rings. The van der Waals surface area contributed by atoms with E-state index in [0.717, 1.165) is 30.6 Å². The normalized spacial score (nSPS) is 14.3. The van der Waals surface area contributed by atoms with Crippen molar-refractivity contribution in [3.05, 3.63) is 71.5 Å².